The van der Waals surface area contributed by atoms with Crippen molar-refractivity contribution in [2.75, 3.05) is 31.7 Å². The Morgan fingerprint density at radius 2 is 2.35 bits per heavy atom. The number of hydrogen-bond acceptors (Lipinski definition) is 4. The van der Waals surface area contributed by atoms with Gasteiger partial charge in [-0.05, 0) is 18.6 Å². The lowest BCUT2D eigenvalue weighted by molar-refractivity contribution is 0.205. The van der Waals surface area contributed by atoms with Crippen LogP contribution in [0.4, 0.5) is 5.82 Å². The number of aromatic nitrogens is 1. The second-order valence-corrected chi connectivity index (χ2v) is 3.97. The second-order valence-electron chi connectivity index (χ2n) is 3.97. The van der Waals surface area contributed by atoms with Crippen molar-refractivity contribution in [3.63, 3.8) is 0 Å². The number of pyridine rings is 1. The van der Waals surface area contributed by atoms with E-state index in [0.29, 0.717) is 6.61 Å². The first-order valence-electron chi connectivity index (χ1n) is 5.75. The molecule has 0 saturated heterocycles. The van der Waals surface area contributed by atoms with Gasteiger partial charge < -0.3 is 15.4 Å². The molecule has 94 valence electrons. The van der Waals surface area contributed by atoms with E-state index in [4.69, 9.17) is 10.5 Å². The molecule has 0 bridgehead atoms. The standard InChI is InChI=1S/C13H21N3O/c1-4-7-16(8-9-17-3)13-6-5-12(10-15-13)11(2)14/h4-6,10-11H,1,7-9,14H2,2-3H3. The fourth-order valence-corrected chi connectivity index (χ4v) is 1.51. The monoisotopic (exact) mass is 235 g/mol. The van der Waals surface area contributed by atoms with Gasteiger partial charge in [0, 0.05) is 32.4 Å². The number of nitrogens with zero attached hydrogens (tertiary/aromatic N) is 2. The minimum Gasteiger partial charge on any atom is -0.383 e. The molecular weight excluding hydrogens is 214 g/mol. The number of hydrogen-bond donors (Lipinski definition) is 1. The summed E-state index contributed by atoms with van der Waals surface area (Å²) in [5, 5.41) is 0. The summed E-state index contributed by atoms with van der Waals surface area (Å²) in [6.07, 6.45) is 3.68. The molecule has 1 aromatic rings. The lowest BCUT2D eigenvalue weighted by Crippen LogP contribution is -2.28. The van der Waals surface area contributed by atoms with Crippen LogP contribution in [-0.4, -0.2) is 31.8 Å². The van der Waals surface area contributed by atoms with Gasteiger partial charge in [-0.2, -0.15) is 0 Å². The number of rotatable bonds is 7. The Hall–Kier alpha value is -1.39. The normalized spacial score (nSPS) is 12.2. The van der Waals surface area contributed by atoms with E-state index in [1.807, 2.05) is 31.3 Å². The van der Waals surface area contributed by atoms with Crippen LogP contribution in [0.5, 0.6) is 0 Å². The Morgan fingerprint density at radius 1 is 1.59 bits per heavy atom. The lowest BCUT2D eigenvalue weighted by atomic mass is 10.1. The van der Waals surface area contributed by atoms with Crippen LogP contribution in [-0.2, 0) is 4.74 Å². The first-order valence-corrected chi connectivity index (χ1v) is 5.75. The van der Waals surface area contributed by atoms with Gasteiger partial charge in [0.25, 0.3) is 0 Å². The van der Waals surface area contributed by atoms with Gasteiger partial charge in [-0.25, -0.2) is 4.98 Å². The highest BCUT2D eigenvalue weighted by Gasteiger charge is 2.06. The summed E-state index contributed by atoms with van der Waals surface area (Å²) in [6, 6.07) is 4.01. The molecule has 0 aliphatic heterocycles. The zero-order valence-corrected chi connectivity index (χ0v) is 10.6. The topological polar surface area (TPSA) is 51.4 Å². The number of anilines is 1. The van der Waals surface area contributed by atoms with Crippen molar-refractivity contribution in [1.29, 1.82) is 0 Å². The van der Waals surface area contributed by atoms with E-state index < -0.39 is 0 Å². The largest absolute Gasteiger partial charge is 0.383 e. The molecule has 0 radical (unpaired) electrons. The predicted octanol–water partition coefficient (Wildman–Crippen LogP) is 1.74. The van der Waals surface area contributed by atoms with E-state index in [0.717, 1.165) is 24.5 Å². The maximum Gasteiger partial charge on any atom is 0.128 e. The summed E-state index contributed by atoms with van der Waals surface area (Å²) in [4.78, 5) is 6.53. The maximum absolute atomic E-state index is 5.79. The van der Waals surface area contributed by atoms with Crippen molar-refractivity contribution in [2.45, 2.75) is 13.0 Å². The fourth-order valence-electron chi connectivity index (χ4n) is 1.51. The molecule has 2 N–H and O–H groups in total. The predicted molar refractivity (Wildman–Crippen MR) is 71.1 cm³/mol. The molecular formula is C13H21N3O. The molecule has 0 aliphatic carbocycles. The van der Waals surface area contributed by atoms with Gasteiger partial charge in [-0.3, -0.25) is 0 Å². The molecule has 4 nitrogen and oxygen atoms in total. The van der Waals surface area contributed by atoms with E-state index in [2.05, 4.69) is 16.5 Å². The third-order valence-electron chi connectivity index (χ3n) is 2.54. The highest BCUT2D eigenvalue weighted by Crippen LogP contribution is 2.14. The average Bonchev–Trinajstić information content (AvgIpc) is 2.34. The quantitative estimate of drug-likeness (QED) is 0.731. The zero-order chi connectivity index (χ0) is 12.7. The minimum atomic E-state index is 0.0170. The summed E-state index contributed by atoms with van der Waals surface area (Å²) in [5.41, 5.74) is 6.83. The summed E-state index contributed by atoms with van der Waals surface area (Å²) in [6.45, 7) is 7.92. The van der Waals surface area contributed by atoms with Gasteiger partial charge >= 0.3 is 0 Å². The maximum atomic E-state index is 5.79. The Bertz CT molecular complexity index is 335. The summed E-state index contributed by atoms with van der Waals surface area (Å²) in [7, 11) is 1.69. The molecule has 0 fully saturated rings. The van der Waals surface area contributed by atoms with E-state index in [1.54, 1.807) is 7.11 Å². The van der Waals surface area contributed by atoms with Crippen molar-refractivity contribution in [1.82, 2.24) is 4.98 Å². The fraction of sp³-hybridized carbons (Fsp3) is 0.462. The summed E-state index contributed by atoms with van der Waals surface area (Å²) in [5.74, 6) is 0.923. The molecule has 0 saturated carbocycles. The zero-order valence-electron chi connectivity index (χ0n) is 10.6. The molecule has 1 aromatic heterocycles. The van der Waals surface area contributed by atoms with Crippen molar-refractivity contribution >= 4 is 5.82 Å². The number of nitrogens with two attached hydrogens (primary N) is 1. The molecule has 1 rings (SSSR count). The van der Waals surface area contributed by atoms with Crippen LogP contribution >= 0.6 is 0 Å². The molecule has 0 aliphatic rings. The van der Waals surface area contributed by atoms with Crippen LogP contribution in [0.3, 0.4) is 0 Å². The first-order chi connectivity index (χ1) is 8.19. The highest BCUT2D eigenvalue weighted by molar-refractivity contribution is 5.40. The lowest BCUT2D eigenvalue weighted by Gasteiger charge is -2.22. The molecule has 4 heteroatoms. The highest BCUT2D eigenvalue weighted by atomic mass is 16.5. The van der Waals surface area contributed by atoms with Crippen LogP contribution in [0.25, 0.3) is 0 Å². The van der Waals surface area contributed by atoms with Gasteiger partial charge in [-0.1, -0.05) is 12.1 Å². The molecule has 1 heterocycles. The molecule has 0 amide bonds. The molecule has 1 unspecified atom stereocenters. The van der Waals surface area contributed by atoms with E-state index in [1.165, 1.54) is 0 Å². The molecule has 17 heavy (non-hydrogen) atoms. The molecule has 0 aromatic carbocycles. The van der Waals surface area contributed by atoms with Crippen molar-refractivity contribution < 1.29 is 4.74 Å². The third-order valence-corrected chi connectivity index (χ3v) is 2.54. The van der Waals surface area contributed by atoms with E-state index >= 15 is 0 Å². The van der Waals surface area contributed by atoms with E-state index in [9.17, 15) is 0 Å². The Morgan fingerprint density at radius 3 is 2.82 bits per heavy atom. The Kier molecular flexibility index (Phi) is 5.66. The second kappa shape index (κ2) is 7.04. The average molecular weight is 235 g/mol. The van der Waals surface area contributed by atoms with Crippen LogP contribution in [0.2, 0.25) is 0 Å². The van der Waals surface area contributed by atoms with Gasteiger partial charge in [0.1, 0.15) is 5.82 Å². The van der Waals surface area contributed by atoms with E-state index in [-0.39, 0.29) is 6.04 Å². The Labute approximate surface area is 103 Å². The first kappa shape index (κ1) is 13.7. The summed E-state index contributed by atoms with van der Waals surface area (Å²) >= 11 is 0. The smallest absolute Gasteiger partial charge is 0.128 e. The van der Waals surface area contributed by atoms with Crippen LogP contribution in [0.15, 0.2) is 31.0 Å². The van der Waals surface area contributed by atoms with Crippen LogP contribution < -0.4 is 10.6 Å². The van der Waals surface area contributed by atoms with Gasteiger partial charge in [0.15, 0.2) is 0 Å². The van der Waals surface area contributed by atoms with Crippen molar-refractivity contribution in [3.05, 3.63) is 36.5 Å². The number of ether oxygens (including phenoxy) is 1. The summed E-state index contributed by atoms with van der Waals surface area (Å²) < 4.78 is 5.08. The van der Waals surface area contributed by atoms with Crippen LogP contribution in [0, 0.1) is 0 Å². The van der Waals surface area contributed by atoms with Gasteiger partial charge in [-0.15, -0.1) is 6.58 Å². The van der Waals surface area contributed by atoms with Gasteiger partial charge in [0.2, 0.25) is 0 Å². The van der Waals surface area contributed by atoms with Crippen molar-refractivity contribution in [3.8, 4) is 0 Å². The molecule has 0 spiro atoms. The number of methoxy groups -OCH3 is 1. The molecule has 1 atom stereocenters. The third kappa shape index (κ3) is 4.17. The SMILES string of the molecule is C=CCN(CCOC)c1ccc(C(C)N)cn1. The van der Waals surface area contributed by atoms with Gasteiger partial charge in [0.05, 0.1) is 6.61 Å². The van der Waals surface area contributed by atoms with Crippen molar-refractivity contribution in [2.24, 2.45) is 5.73 Å². The van der Waals surface area contributed by atoms with Crippen LogP contribution in [0.1, 0.15) is 18.5 Å². The minimum absolute atomic E-state index is 0.0170. The Balaban J connectivity index is 2.75.